The number of hydrogen-bond donors (Lipinski definition) is 2. The summed E-state index contributed by atoms with van der Waals surface area (Å²) in [4.78, 5) is 14.4. The van der Waals surface area contributed by atoms with E-state index in [0.29, 0.717) is 24.2 Å². The van der Waals surface area contributed by atoms with Crippen LogP contribution in [0.2, 0.25) is 0 Å². The van der Waals surface area contributed by atoms with Gasteiger partial charge in [-0.05, 0) is 23.8 Å². The number of aliphatic hydroxyl groups is 1. The van der Waals surface area contributed by atoms with Crippen molar-refractivity contribution >= 4 is 5.91 Å². The summed E-state index contributed by atoms with van der Waals surface area (Å²) < 4.78 is 5.09. The molecule has 7 nitrogen and oxygen atoms in total. The van der Waals surface area contributed by atoms with Crippen LogP contribution in [0.1, 0.15) is 22.5 Å². The number of carbonyl (C=O) groups excluding carboxylic acids is 1. The molecule has 1 aliphatic heterocycles. The number of H-pyrrole nitrogens is 1. The summed E-state index contributed by atoms with van der Waals surface area (Å²) in [6.45, 7) is 0.673. The van der Waals surface area contributed by atoms with Gasteiger partial charge in [0.2, 0.25) is 0 Å². The van der Waals surface area contributed by atoms with Gasteiger partial charge in [0.25, 0.3) is 5.91 Å². The number of rotatable bonds is 3. The topological polar surface area (TPSA) is 95.3 Å². The number of hydrogen-bond acceptors (Lipinski definition) is 5. The molecule has 7 heteroatoms. The molecule has 2 N–H and O–H groups in total. The first-order valence-corrected chi connectivity index (χ1v) is 7.66. The smallest absolute Gasteiger partial charge is 0.253 e. The SMILES string of the molecule is O=C(c1cccc(-c2ccoc2)c1)N1CCC(O)(c2cn[nH]n2)C1. The van der Waals surface area contributed by atoms with Gasteiger partial charge < -0.3 is 14.4 Å². The fourth-order valence-corrected chi connectivity index (χ4v) is 3.05. The number of β-amino-alcohol motifs (C(OH)–C–C–N with tert-alkyl or cyclic N) is 1. The monoisotopic (exact) mass is 324 g/mol. The number of nitrogens with one attached hydrogen (secondary N) is 1. The van der Waals surface area contributed by atoms with Crippen molar-refractivity contribution in [3.05, 3.63) is 60.3 Å². The minimum absolute atomic E-state index is 0.111. The van der Waals surface area contributed by atoms with E-state index in [1.807, 2.05) is 24.3 Å². The van der Waals surface area contributed by atoms with E-state index in [9.17, 15) is 9.90 Å². The molecule has 1 fully saturated rings. The minimum Gasteiger partial charge on any atom is -0.472 e. The van der Waals surface area contributed by atoms with E-state index in [1.165, 1.54) is 6.20 Å². The molecule has 1 amide bonds. The molecule has 1 aliphatic rings. The van der Waals surface area contributed by atoms with Crippen LogP contribution in [-0.4, -0.2) is 44.4 Å². The third kappa shape index (κ3) is 2.48. The van der Waals surface area contributed by atoms with E-state index < -0.39 is 5.60 Å². The van der Waals surface area contributed by atoms with Crippen molar-refractivity contribution in [2.45, 2.75) is 12.0 Å². The Morgan fingerprint density at radius 2 is 2.25 bits per heavy atom. The van der Waals surface area contributed by atoms with Crippen molar-refractivity contribution in [1.82, 2.24) is 20.3 Å². The lowest BCUT2D eigenvalue weighted by atomic mass is 10.00. The van der Waals surface area contributed by atoms with Gasteiger partial charge in [0, 0.05) is 24.1 Å². The zero-order valence-corrected chi connectivity index (χ0v) is 12.8. The summed E-state index contributed by atoms with van der Waals surface area (Å²) in [5.41, 5.74) is 1.74. The zero-order valence-electron chi connectivity index (χ0n) is 12.8. The van der Waals surface area contributed by atoms with Crippen LogP contribution in [0.3, 0.4) is 0 Å². The van der Waals surface area contributed by atoms with Crippen molar-refractivity contribution < 1.29 is 14.3 Å². The second-order valence-corrected chi connectivity index (χ2v) is 5.96. The normalized spacial score (nSPS) is 20.5. The highest BCUT2D eigenvalue weighted by molar-refractivity contribution is 5.95. The summed E-state index contributed by atoms with van der Waals surface area (Å²) in [5.74, 6) is -0.111. The first-order valence-electron chi connectivity index (χ1n) is 7.66. The van der Waals surface area contributed by atoms with Gasteiger partial charge in [-0.1, -0.05) is 12.1 Å². The predicted molar refractivity (Wildman–Crippen MR) is 84.9 cm³/mol. The molecule has 0 saturated carbocycles. The van der Waals surface area contributed by atoms with Crippen LogP contribution >= 0.6 is 0 Å². The molecular weight excluding hydrogens is 308 g/mol. The molecule has 2 aromatic heterocycles. The molecule has 4 rings (SSSR count). The molecule has 24 heavy (non-hydrogen) atoms. The quantitative estimate of drug-likeness (QED) is 0.766. The maximum Gasteiger partial charge on any atom is 0.253 e. The maximum absolute atomic E-state index is 12.8. The Kier molecular flexibility index (Phi) is 3.42. The van der Waals surface area contributed by atoms with Crippen molar-refractivity contribution in [3.63, 3.8) is 0 Å². The molecule has 0 radical (unpaired) electrons. The minimum atomic E-state index is -1.15. The fraction of sp³-hybridized carbons (Fsp3) is 0.235. The average Bonchev–Trinajstić information content (AvgIpc) is 3.35. The lowest BCUT2D eigenvalue weighted by Gasteiger charge is -2.21. The van der Waals surface area contributed by atoms with Gasteiger partial charge >= 0.3 is 0 Å². The summed E-state index contributed by atoms with van der Waals surface area (Å²) >= 11 is 0. The van der Waals surface area contributed by atoms with Crippen LogP contribution in [0, 0.1) is 0 Å². The molecule has 1 atom stereocenters. The predicted octanol–water partition coefficient (Wildman–Crippen LogP) is 1.80. The van der Waals surface area contributed by atoms with Gasteiger partial charge in [-0.25, -0.2) is 0 Å². The van der Waals surface area contributed by atoms with Gasteiger partial charge in [-0.2, -0.15) is 15.4 Å². The first-order chi connectivity index (χ1) is 11.7. The van der Waals surface area contributed by atoms with Gasteiger partial charge in [0.05, 0.1) is 25.3 Å². The molecule has 0 bridgehead atoms. The number of aromatic nitrogens is 3. The Hall–Kier alpha value is -2.93. The van der Waals surface area contributed by atoms with Crippen molar-refractivity contribution in [2.24, 2.45) is 0 Å². The maximum atomic E-state index is 12.8. The molecule has 0 aliphatic carbocycles. The third-order valence-electron chi connectivity index (χ3n) is 4.39. The summed E-state index contributed by atoms with van der Waals surface area (Å²) in [7, 11) is 0. The number of amides is 1. The zero-order chi connectivity index (χ0) is 16.6. The van der Waals surface area contributed by atoms with E-state index in [-0.39, 0.29) is 12.5 Å². The molecular formula is C17H16N4O3. The molecule has 1 saturated heterocycles. The van der Waals surface area contributed by atoms with Crippen LogP contribution in [0.15, 0.2) is 53.5 Å². The number of likely N-dealkylation sites (tertiary alicyclic amines) is 1. The Labute approximate surface area is 137 Å². The van der Waals surface area contributed by atoms with E-state index in [1.54, 1.807) is 23.5 Å². The number of carbonyl (C=O) groups is 1. The number of benzene rings is 1. The summed E-state index contributed by atoms with van der Waals surface area (Å²) in [6.07, 6.45) is 5.17. The lowest BCUT2D eigenvalue weighted by molar-refractivity contribution is 0.0382. The lowest BCUT2D eigenvalue weighted by Crippen LogP contribution is -2.34. The average molecular weight is 324 g/mol. The van der Waals surface area contributed by atoms with Gasteiger partial charge in [-0.3, -0.25) is 4.79 Å². The van der Waals surface area contributed by atoms with Crippen LogP contribution in [0.4, 0.5) is 0 Å². The van der Waals surface area contributed by atoms with Crippen LogP contribution in [0.5, 0.6) is 0 Å². The molecule has 1 aromatic carbocycles. The third-order valence-corrected chi connectivity index (χ3v) is 4.39. The molecule has 122 valence electrons. The number of nitrogens with zero attached hydrogens (tertiary/aromatic N) is 3. The Morgan fingerprint density at radius 1 is 1.33 bits per heavy atom. The van der Waals surface area contributed by atoms with E-state index in [0.717, 1.165) is 11.1 Å². The molecule has 1 unspecified atom stereocenters. The Bertz CT molecular complexity index is 845. The Balaban J connectivity index is 1.56. The number of furan rings is 1. The molecule has 3 aromatic rings. The van der Waals surface area contributed by atoms with E-state index in [4.69, 9.17) is 4.42 Å². The van der Waals surface area contributed by atoms with E-state index in [2.05, 4.69) is 15.4 Å². The second kappa shape index (κ2) is 5.61. The van der Waals surface area contributed by atoms with Gasteiger partial charge in [0.1, 0.15) is 11.3 Å². The highest BCUT2D eigenvalue weighted by atomic mass is 16.3. The fourth-order valence-electron chi connectivity index (χ4n) is 3.05. The highest BCUT2D eigenvalue weighted by Gasteiger charge is 2.41. The van der Waals surface area contributed by atoms with Crippen LogP contribution < -0.4 is 0 Å². The standard InChI is InChI=1S/C17H16N4O3/c22-16(13-3-1-2-12(8-13)14-4-7-24-10-14)21-6-5-17(23,11-21)15-9-18-20-19-15/h1-4,7-10,23H,5-6,11H2,(H,18,19,20). The van der Waals surface area contributed by atoms with Gasteiger partial charge in [-0.15, -0.1) is 0 Å². The van der Waals surface area contributed by atoms with Crippen LogP contribution in [-0.2, 0) is 5.60 Å². The van der Waals surface area contributed by atoms with Crippen molar-refractivity contribution in [1.29, 1.82) is 0 Å². The molecule has 0 spiro atoms. The first kappa shape index (κ1) is 14.6. The van der Waals surface area contributed by atoms with Gasteiger partial charge in [0.15, 0.2) is 0 Å². The second-order valence-electron chi connectivity index (χ2n) is 5.96. The Morgan fingerprint density at radius 3 is 3.00 bits per heavy atom. The number of aromatic amines is 1. The van der Waals surface area contributed by atoms with E-state index >= 15 is 0 Å². The van der Waals surface area contributed by atoms with Crippen LogP contribution in [0.25, 0.3) is 11.1 Å². The highest BCUT2D eigenvalue weighted by Crippen LogP contribution is 2.31. The summed E-state index contributed by atoms with van der Waals surface area (Å²) in [5, 5.41) is 20.9. The van der Waals surface area contributed by atoms with Crippen molar-refractivity contribution in [2.75, 3.05) is 13.1 Å². The largest absolute Gasteiger partial charge is 0.472 e. The molecule has 3 heterocycles. The summed E-state index contributed by atoms with van der Waals surface area (Å²) in [6, 6.07) is 9.23. The van der Waals surface area contributed by atoms with Crippen molar-refractivity contribution in [3.8, 4) is 11.1 Å².